The van der Waals surface area contributed by atoms with Crippen molar-refractivity contribution < 1.29 is 4.79 Å². The molecule has 1 fully saturated rings. The Balaban J connectivity index is 2.39. The molecule has 4 heteroatoms. The van der Waals surface area contributed by atoms with E-state index in [0.29, 0.717) is 12.4 Å². The van der Waals surface area contributed by atoms with Gasteiger partial charge < -0.3 is 10.2 Å². The molecule has 0 radical (unpaired) electrons. The quantitative estimate of drug-likeness (QED) is 0.620. The second-order valence-corrected chi connectivity index (χ2v) is 3.00. The van der Waals surface area contributed by atoms with Crippen LogP contribution in [0, 0.1) is 5.41 Å². The van der Waals surface area contributed by atoms with Crippen LogP contribution in [-0.4, -0.2) is 36.8 Å². The van der Waals surface area contributed by atoms with E-state index in [1.54, 1.807) is 7.05 Å². The predicted octanol–water partition coefficient (Wildman–Crippen LogP) is 0.196. The molecule has 2 N–H and O–H groups in total. The number of carbonyl (C=O) groups is 1. The van der Waals surface area contributed by atoms with Crippen molar-refractivity contribution in [2.45, 2.75) is 19.3 Å². The van der Waals surface area contributed by atoms with Gasteiger partial charge in [0.1, 0.15) is 0 Å². The summed E-state index contributed by atoms with van der Waals surface area (Å²) in [6, 6.07) is 0. The number of hydrogen-bond donors (Lipinski definition) is 2. The normalized spacial score (nSPS) is 17.8. The minimum atomic E-state index is -0.0124. The van der Waals surface area contributed by atoms with Crippen LogP contribution in [0.25, 0.3) is 0 Å². The molecule has 0 aliphatic carbocycles. The first kappa shape index (κ1) is 9.03. The Morgan fingerprint density at radius 3 is 3.00 bits per heavy atom. The molecule has 0 aromatic heterocycles. The Kier molecular flexibility index (Phi) is 3.08. The fraction of sp³-hybridized carbons (Fsp3) is 0.750. The molecule has 1 heterocycles. The second-order valence-electron chi connectivity index (χ2n) is 3.00. The summed E-state index contributed by atoms with van der Waals surface area (Å²) in [6.07, 6.45) is 3.00. The van der Waals surface area contributed by atoms with E-state index >= 15 is 0 Å². The third kappa shape index (κ3) is 2.22. The topological polar surface area (TPSA) is 56.2 Å². The highest BCUT2D eigenvalue weighted by Crippen LogP contribution is 2.09. The lowest BCUT2D eigenvalue weighted by Crippen LogP contribution is -2.41. The summed E-state index contributed by atoms with van der Waals surface area (Å²) in [5, 5.41) is 10.1. The Morgan fingerprint density at radius 2 is 2.42 bits per heavy atom. The number of amidine groups is 1. The lowest BCUT2D eigenvalue weighted by Gasteiger charge is -2.28. The van der Waals surface area contributed by atoms with Crippen molar-refractivity contribution in [1.29, 1.82) is 5.41 Å². The molecule has 0 saturated carbocycles. The van der Waals surface area contributed by atoms with E-state index in [-0.39, 0.29) is 5.91 Å². The minimum absolute atomic E-state index is 0.0124. The maximum absolute atomic E-state index is 11.0. The van der Waals surface area contributed by atoms with Crippen molar-refractivity contribution in [3.8, 4) is 0 Å². The number of nitrogens with zero attached hydrogens (tertiary/aromatic N) is 1. The average molecular weight is 169 g/mol. The number of amides is 1. The molecule has 1 amide bonds. The van der Waals surface area contributed by atoms with Gasteiger partial charge in [0, 0.05) is 20.0 Å². The summed E-state index contributed by atoms with van der Waals surface area (Å²) < 4.78 is 0. The molecule has 0 aromatic carbocycles. The monoisotopic (exact) mass is 169 g/mol. The van der Waals surface area contributed by atoms with Crippen LogP contribution in [0.1, 0.15) is 19.3 Å². The Hall–Kier alpha value is -1.06. The van der Waals surface area contributed by atoms with E-state index in [2.05, 4.69) is 5.32 Å². The average Bonchev–Trinajstić information content (AvgIpc) is 2.09. The highest BCUT2D eigenvalue weighted by Gasteiger charge is 2.16. The predicted molar refractivity (Wildman–Crippen MR) is 47.2 cm³/mol. The number of carbonyl (C=O) groups excluding carboxylic acids is 1. The van der Waals surface area contributed by atoms with Crippen LogP contribution >= 0.6 is 0 Å². The van der Waals surface area contributed by atoms with E-state index in [0.717, 1.165) is 25.8 Å². The van der Waals surface area contributed by atoms with Gasteiger partial charge in [-0.2, -0.15) is 0 Å². The molecule has 0 aromatic rings. The minimum Gasteiger partial charge on any atom is -0.358 e. The number of nitrogens with one attached hydrogen (secondary N) is 2. The molecular weight excluding hydrogens is 154 g/mol. The van der Waals surface area contributed by atoms with Gasteiger partial charge >= 0.3 is 0 Å². The summed E-state index contributed by atoms with van der Waals surface area (Å²) in [4.78, 5) is 12.8. The summed E-state index contributed by atoms with van der Waals surface area (Å²) >= 11 is 0. The molecule has 4 nitrogen and oxygen atoms in total. The molecule has 1 aliphatic heterocycles. The van der Waals surface area contributed by atoms with E-state index in [9.17, 15) is 4.79 Å². The first-order valence-corrected chi connectivity index (χ1v) is 4.27. The molecule has 0 spiro atoms. The third-order valence-corrected chi connectivity index (χ3v) is 2.09. The summed E-state index contributed by atoms with van der Waals surface area (Å²) in [6.45, 7) is 1.20. The van der Waals surface area contributed by atoms with Gasteiger partial charge in [-0.05, 0) is 12.8 Å². The molecule has 1 aliphatic rings. The lowest BCUT2D eigenvalue weighted by atomic mass is 10.1. The standard InChI is InChI=1S/C8H15N3O/c1-10-8(12)6-11-5-3-2-4-7(11)9/h9H,2-6H2,1H3,(H,10,12). The molecule has 1 rings (SSSR count). The van der Waals surface area contributed by atoms with Crippen LogP contribution < -0.4 is 5.32 Å². The Labute approximate surface area is 72.4 Å². The molecule has 68 valence electrons. The maximum Gasteiger partial charge on any atom is 0.239 e. The van der Waals surface area contributed by atoms with Crippen LogP contribution in [0.4, 0.5) is 0 Å². The molecule has 1 saturated heterocycles. The van der Waals surface area contributed by atoms with Crippen molar-refractivity contribution in [2.24, 2.45) is 0 Å². The lowest BCUT2D eigenvalue weighted by molar-refractivity contribution is -0.121. The van der Waals surface area contributed by atoms with Gasteiger partial charge in [-0.15, -0.1) is 0 Å². The van der Waals surface area contributed by atoms with Crippen molar-refractivity contribution >= 4 is 11.7 Å². The maximum atomic E-state index is 11.0. The van der Waals surface area contributed by atoms with Gasteiger partial charge in [-0.25, -0.2) is 0 Å². The fourth-order valence-corrected chi connectivity index (χ4v) is 1.32. The molecular formula is C8H15N3O. The van der Waals surface area contributed by atoms with Crippen LogP contribution in [-0.2, 0) is 4.79 Å². The van der Waals surface area contributed by atoms with Gasteiger partial charge in [-0.1, -0.05) is 0 Å². The number of rotatable bonds is 2. The van der Waals surface area contributed by atoms with Crippen LogP contribution in [0.5, 0.6) is 0 Å². The zero-order chi connectivity index (χ0) is 8.97. The highest BCUT2D eigenvalue weighted by atomic mass is 16.1. The highest BCUT2D eigenvalue weighted by molar-refractivity contribution is 5.86. The van der Waals surface area contributed by atoms with Gasteiger partial charge in [0.25, 0.3) is 0 Å². The van der Waals surface area contributed by atoms with E-state index in [1.165, 1.54) is 0 Å². The number of hydrogen-bond acceptors (Lipinski definition) is 2. The Morgan fingerprint density at radius 1 is 1.67 bits per heavy atom. The summed E-state index contributed by atoms with van der Waals surface area (Å²) in [5.74, 6) is 0.589. The number of piperidine rings is 1. The SMILES string of the molecule is CNC(=O)CN1CCCCC1=N. The van der Waals surface area contributed by atoms with E-state index < -0.39 is 0 Å². The van der Waals surface area contributed by atoms with Crippen molar-refractivity contribution in [1.82, 2.24) is 10.2 Å². The first-order chi connectivity index (χ1) is 5.74. The fourth-order valence-electron chi connectivity index (χ4n) is 1.32. The van der Waals surface area contributed by atoms with Crippen LogP contribution in [0.3, 0.4) is 0 Å². The smallest absolute Gasteiger partial charge is 0.239 e. The number of likely N-dealkylation sites (N-methyl/N-ethyl adjacent to an activating group) is 1. The number of likely N-dealkylation sites (tertiary alicyclic amines) is 1. The van der Waals surface area contributed by atoms with E-state index in [4.69, 9.17) is 5.41 Å². The summed E-state index contributed by atoms with van der Waals surface area (Å²) in [5.41, 5.74) is 0. The van der Waals surface area contributed by atoms with Crippen LogP contribution in [0.2, 0.25) is 0 Å². The third-order valence-electron chi connectivity index (χ3n) is 2.09. The van der Waals surface area contributed by atoms with Crippen LogP contribution in [0.15, 0.2) is 0 Å². The second kappa shape index (κ2) is 4.09. The zero-order valence-corrected chi connectivity index (χ0v) is 7.39. The van der Waals surface area contributed by atoms with Crippen molar-refractivity contribution in [3.05, 3.63) is 0 Å². The van der Waals surface area contributed by atoms with Crippen molar-refractivity contribution in [2.75, 3.05) is 20.1 Å². The molecule has 0 unspecified atom stereocenters. The summed E-state index contributed by atoms with van der Waals surface area (Å²) in [7, 11) is 1.62. The van der Waals surface area contributed by atoms with Gasteiger partial charge in [-0.3, -0.25) is 10.2 Å². The van der Waals surface area contributed by atoms with Gasteiger partial charge in [0.15, 0.2) is 0 Å². The van der Waals surface area contributed by atoms with Gasteiger partial charge in [0.05, 0.1) is 12.4 Å². The zero-order valence-electron chi connectivity index (χ0n) is 7.39. The largest absolute Gasteiger partial charge is 0.358 e. The Bertz CT molecular complexity index is 191. The molecule has 0 atom stereocenters. The molecule has 12 heavy (non-hydrogen) atoms. The van der Waals surface area contributed by atoms with Crippen molar-refractivity contribution in [3.63, 3.8) is 0 Å². The van der Waals surface area contributed by atoms with E-state index in [1.807, 2.05) is 4.90 Å². The molecule has 0 bridgehead atoms. The van der Waals surface area contributed by atoms with Gasteiger partial charge in [0.2, 0.25) is 5.91 Å². The first-order valence-electron chi connectivity index (χ1n) is 4.27.